The van der Waals surface area contributed by atoms with Crippen LogP contribution in [-0.2, 0) is 11.5 Å². The van der Waals surface area contributed by atoms with E-state index in [0.717, 1.165) is 11.6 Å². The second kappa shape index (κ2) is 4.09. The fraction of sp³-hybridized carbons (Fsp3) is 0.167. The van der Waals surface area contributed by atoms with Gasteiger partial charge in [0, 0.05) is 5.33 Å². The van der Waals surface area contributed by atoms with Gasteiger partial charge in [-0.25, -0.2) is 0 Å². The van der Waals surface area contributed by atoms with Crippen LogP contribution in [0.4, 0.5) is 13.2 Å². The van der Waals surface area contributed by atoms with E-state index in [0.29, 0.717) is 10.7 Å². The molecule has 4 heteroatoms. The van der Waals surface area contributed by atoms with Gasteiger partial charge < -0.3 is 0 Å². The van der Waals surface area contributed by atoms with Gasteiger partial charge in [0.1, 0.15) is 0 Å². The van der Waals surface area contributed by atoms with Gasteiger partial charge >= 0.3 is 6.18 Å². The van der Waals surface area contributed by atoms with Crippen molar-refractivity contribution in [1.29, 1.82) is 0 Å². The summed E-state index contributed by atoms with van der Waals surface area (Å²) < 4.78 is 38.2. The van der Waals surface area contributed by atoms with Gasteiger partial charge in [0.2, 0.25) is 0 Å². The topological polar surface area (TPSA) is 0 Å². The minimum absolute atomic E-state index is 0.256. The maximum absolute atomic E-state index is 12.7. The van der Waals surface area contributed by atoms with E-state index in [1.54, 1.807) is 18.2 Å². The first-order valence-corrected chi connectivity index (χ1v) is 5.79. The number of benzene rings is 2. The summed E-state index contributed by atoms with van der Waals surface area (Å²) >= 11 is 3.24. The zero-order chi connectivity index (χ0) is 11.8. The molecule has 0 spiro atoms. The van der Waals surface area contributed by atoms with Crippen LogP contribution in [-0.4, -0.2) is 0 Å². The highest BCUT2D eigenvalue weighted by molar-refractivity contribution is 9.08. The van der Waals surface area contributed by atoms with Gasteiger partial charge in [-0.2, -0.15) is 13.2 Å². The quantitative estimate of drug-likeness (QED) is 0.664. The average Bonchev–Trinajstić information content (AvgIpc) is 2.26. The third kappa shape index (κ3) is 2.07. The molecule has 0 nitrogen and oxygen atoms in total. The van der Waals surface area contributed by atoms with E-state index in [4.69, 9.17) is 0 Å². The van der Waals surface area contributed by atoms with E-state index < -0.39 is 11.7 Å². The third-order valence-electron chi connectivity index (χ3n) is 2.41. The van der Waals surface area contributed by atoms with Crippen molar-refractivity contribution in [2.45, 2.75) is 11.5 Å². The fourth-order valence-electron chi connectivity index (χ4n) is 1.65. The lowest BCUT2D eigenvalue weighted by Gasteiger charge is -2.10. The van der Waals surface area contributed by atoms with E-state index >= 15 is 0 Å². The molecule has 16 heavy (non-hydrogen) atoms. The highest BCUT2D eigenvalue weighted by Crippen LogP contribution is 2.35. The monoisotopic (exact) mass is 288 g/mol. The SMILES string of the molecule is FC(F)(F)c1cccc2ccc(CBr)cc12. The lowest BCUT2D eigenvalue weighted by Crippen LogP contribution is -2.05. The summed E-state index contributed by atoms with van der Waals surface area (Å²) in [7, 11) is 0. The molecule has 0 heterocycles. The van der Waals surface area contributed by atoms with Crippen LogP contribution in [0.15, 0.2) is 36.4 Å². The lowest BCUT2D eigenvalue weighted by molar-refractivity contribution is -0.136. The van der Waals surface area contributed by atoms with Crippen LogP contribution >= 0.6 is 15.9 Å². The smallest absolute Gasteiger partial charge is 0.166 e. The molecule has 0 saturated heterocycles. The van der Waals surface area contributed by atoms with Crippen LogP contribution < -0.4 is 0 Å². The van der Waals surface area contributed by atoms with Crippen molar-refractivity contribution < 1.29 is 13.2 Å². The Labute approximate surface area is 99.2 Å². The molecule has 84 valence electrons. The Bertz CT molecular complexity index is 517. The molecule has 0 saturated carbocycles. The lowest BCUT2D eigenvalue weighted by atomic mass is 10.0. The molecule has 0 radical (unpaired) electrons. The number of fused-ring (bicyclic) bond motifs is 1. The van der Waals surface area contributed by atoms with Gasteiger partial charge in [-0.05, 0) is 28.5 Å². The molecule has 2 aromatic carbocycles. The summed E-state index contributed by atoms with van der Waals surface area (Å²) in [6.45, 7) is 0. The summed E-state index contributed by atoms with van der Waals surface area (Å²) in [5, 5.41) is 1.42. The van der Waals surface area contributed by atoms with E-state index in [1.165, 1.54) is 6.07 Å². The Balaban J connectivity index is 2.74. The molecule has 0 aromatic heterocycles. The first-order chi connectivity index (χ1) is 7.52. The average molecular weight is 289 g/mol. The fourth-order valence-corrected chi connectivity index (χ4v) is 2.00. The van der Waals surface area contributed by atoms with Crippen molar-refractivity contribution in [3.05, 3.63) is 47.5 Å². The van der Waals surface area contributed by atoms with Crippen LogP contribution in [0, 0.1) is 0 Å². The Morgan fingerprint density at radius 2 is 1.81 bits per heavy atom. The third-order valence-corrected chi connectivity index (χ3v) is 3.05. The molecule has 0 aliphatic rings. The second-order valence-electron chi connectivity index (χ2n) is 3.49. The highest BCUT2D eigenvalue weighted by Gasteiger charge is 2.32. The molecule has 0 aliphatic carbocycles. The Hall–Kier alpha value is -1.03. The van der Waals surface area contributed by atoms with Crippen molar-refractivity contribution in [1.82, 2.24) is 0 Å². The maximum Gasteiger partial charge on any atom is 0.417 e. The molecule has 0 unspecified atom stereocenters. The normalized spacial score (nSPS) is 12.0. The predicted molar refractivity (Wildman–Crippen MR) is 61.6 cm³/mol. The zero-order valence-electron chi connectivity index (χ0n) is 8.18. The maximum atomic E-state index is 12.7. The molecular weight excluding hydrogens is 281 g/mol. The van der Waals surface area contributed by atoms with Gasteiger partial charge in [-0.3, -0.25) is 0 Å². The minimum Gasteiger partial charge on any atom is -0.166 e. The van der Waals surface area contributed by atoms with Crippen LogP contribution in [0.5, 0.6) is 0 Å². The van der Waals surface area contributed by atoms with Crippen molar-refractivity contribution in [2.24, 2.45) is 0 Å². The Kier molecular flexibility index (Phi) is 2.93. The number of alkyl halides is 4. The molecule has 0 aliphatic heterocycles. The van der Waals surface area contributed by atoms with Crippen molar-refractivity contribution >= 4 is 26.7 Å². The van der Waals surface area contributed by atoms with Crippen molar-refractivity contribution in [2.75, 3.05) is 0 Å². The summed E-state index contributed by atoms with van der Waals surface area (Å²) in [6.07, 6.45) is -4.30. The van der Waals surface area contributed by atoms with Gasteiger partial charge in [0.25, 0.3) is 0 Å². The first kappa shape index (κ1) is 11.5. The summed E-state index contributed by atoms with van der Waals surface area (Å²) in [6, 6.07) is 9.33. The van der Waals surface area contributed by atoms with Crippen LogP contribution in [0.3, 0.4) is 0 Å². The summed E-state index contributed by atoms with van der Waals surface area (Å²) in [5.41, 5.74) is 0.261. The molecule has 0 N–H and O–H groups in total. The van der Waals surface area contributed by atoms with Gasteiger partial charge in [0.15, 0.2) is 0 Å². The van der Waals surface area contributed by atoms with E-state index in [9.17, 15) is 13.2 Å². The standard InChI is InChI=1S/C12H8BrF3/c13-7-8-4-5-9-2-1-3-11(10(9)6-8)12(14,15)16/h1-6H,7H2. The highest BCUT2D eigenvalue weighted by atomic mass is 79.9. The molecular formula is C12H8BrF3. The number of hydrogen-bond donors (Lipinski definition) is 0. The molecule has 0 atom stereocenters. The van der Waals surface area contributed by atoms with Gasteiger partial charge in [-0.1, -0.05) is 40.2 Å². The molecule has 2 aromatic rings. The summed E-state index contributed by atoms with van der Waals surface area (Å²) in [5.74, 6) is 0. The molecule has 0 bridgehead atoms. The van der Waals surface area contributed by atoms with Crippen LogP contribution in [0.2, 0.25) is 0 Å². The van der Waals surface area contributed by atoms with Crippen LogP contribution in [0.1, 0.15) is 11.1 Å². The van der Waals surface area contributed by atoms with Gasteiger partial charge in [0.05, 0.1) is 5.56 Å². The Morgan fingerprint density at radius 3 is 2.44 bits per heavy atom. The first-order valence-electron chi connectivity index (χ1n) is 4.67. The molecule has 0 fully saturated rings. The molecule has 2 rings (SSSR count). The van der Waals surface area contributed by atoms with Gasteiger partial charge in [-0.15, -0.1) is 0 Å². The predicted octanol–water partition coefficient (Wildman–Crippen LogP) is 4.75. The van der Waals surface area contributed by atoms with Crippen molar-refractivity contribution in [3.8, 4) is 0 Å². The number of hydrogen-bond acceptors (Lipinski definition) is 0. The largest absolute Gasteiger partial charge is 0.417 e. The zero-order valence-corrected chi connectivity index (χ0v) is 9.77. The van der Waals surface area contributed by atoms with E-state index in [1.807, 2.05) is 6.07 Å². The van der Waals surface area contributed by atoms with Crippen LogP contribution in [0.25, 0.3) is 10.8 Å². The Morgan fingerprint density at radius 1 is 1.06 bits per heavy atom. The van der Waals surface area contributed by atoms with E-state index in [2.05, 4.69) is 15.9 Å². The number of rotatable bonds is 1. The number of halogens is 4. The van der Waals surface area contributed by atoms with Crippen molar-refractivity contribution in [3.63, 3.8) is 0 Å². The minimum atomic E-state index is -4.30. The summed E-state index contributed by atoms with van der Waals surface area (Å²) in [4.78, 5) is 0. The van der Waals surface area contributed by atoms with E-state index in [-0.39, 0.29) is 5.39 Å². The molecule has 0 amide bonds. The second-order valence-corrected chi connectivity index (χ2v) is 4.05.